The van der Waals surface area contributed by atoms with Gasteiger partial charge in [0.2, 0.25) is 0 Å². The average Bonchev–Trinajstić information content (AvgIpc) is 3.86. The number of rotatable bonds is 2. The first-order chi connectivity index (χ1) is 27.2. The normalized spacial score (nSPS) is 15.1. The van der Waals surface area contributed by atoms with E-state index in [1.54, 1.807) is 0 Å². The summed E-state index contributed by atoms with van der Waals surface area (Å²) in [6, 6.07) is 63.0. The molecule has 0 fully saturated rings. The van der Waals surface area contributed by atoms with E-state index in [1.807, 2.05) is 17.4 Å². The van der Waals surface area contributed by atoms with Crippen LogP contribution in [0.4, 0.5) is 5.69 Å². The van der Waals surface area contributed by atoms with Crippen LogP contribution in [0.1, 0.15) is 27.8 Å². The van der Waals surface area contributed by atoms with Gasteiger partial charge in [-0.1, -0.05) is 164 Å². The van der Waals surface area contributed by atoms with Crippen LogP contribution in [-0.4, -0.2) is 0 Å². The van der Waals surface area contributed by atoms with Crippen molar-refractivity contribution in [3.63, 3.8) is 0 Å². The fourth-order valence-corrected chi connectivity index (χ4v) is 11.7. The quantitative estimate of drug-likeness (QED) is 0.124. The van der Waals surface area contributed by atoms with Gasteiger partial charge in [-0.15, -0.1) is 11.3 Å². The molecule has 10 aromatic rings. The Morgan fingerprint density at radius 2 is 0.982 bits per heavy atom. The van der Waals surface area contributed by atoms with E-state index in [-0.39, 0.29) is 0 Å². The van der Waals surface area contributed by atoms with E-state index in [0.29, 0.717) is 5.69 Å². The Labute approximate surface area is 323 Å². The molecule has 1 aromatic heterocycles. The minimum atomic E-state index is -0.488. The Morgan fingerprint density at radius 3 is 1.67 bits per heavy atom. The minimum Gasteiger partial charge on any atom is -0.238 e. The zero-order valence-corrected chi connectivity index (χ0v) is 30.8. The lowest BCUT2D eigenvalue weighted by Crippen LogP contribution is -2.25. The molecule has 0 bridgehead atoms. The van der Waals surface area contributed by atoms with Crippen LogP contribution in [0.25, 0.3) is 91.1 Å². The third-order valence-corrected chi connectivity index (χ3v) is 13.6. The Morgan fingerprint density at radius 1 is 0.436 bits per heavy atom. The first kappa shape index (κ1) is 30.6. The maximum atomic E-state index is 7.76. The summed E-state index contributed by atoms with van der Waals surface area (Å²) in [5.74, 6) is 0. The number of benzene rings is 9. The lowest BCUT2D eigenvalue weighted by molar-refractivity contribution is 0.803. The highest BCUT2D eigenvalue weighted by Crippen LogP contribution is 2.67. The molecule has 2 aliphatic carbocycles. The van der Waals surface area contributed by atoms with E-state index in [9.17, 15) is 0 Å². The SMILES string of the molecule is [C-]#[N+]c1ccc2c3c(sc2c1)-c1ccccc1C31c2ccccc2-c2c(-c3c4ccccc4c(-c4ccc(C)c5ccccc45)c4ccccc34)cccc21. The van der Waals surface area contributed by atoms with Gasteiger partial charge >= 0.3 is 0 Å². The van der Waals surface area contributed by atoms with Crippen molar-refractivity contribution in [1.82, 2.24) is 0 Å². The molecule has 1 nitrogen and oxygen atoms in total. The third kappa shape index (κ3) is 3.86. The average molecular weight is 714 g/mol. The standard InChI is InChI=1S/C53H31NS/c1-31-26-28-39(34-15-4-3-14-33(31)34)48-35-16-5-7-18-37(35)49(38-19-8-6-17-36(38)48)43-22-13-25-46-50(43)40-20-9-11-23-44(40)53(46)45-24-12-10-21-41(45)52-51(53)42-29-27-32(54-2)30-47(42)55-52/h3-30H,1H3. The highest BCUT2D eigenvalue weighted by molar-refractivity contribution is 7.22. The van der Waals surface area contributed by atoms with Crippen LogP contribution in [-0.2, 0) is 5.41 Å². The van der Waals surface area contributed by atoms with Crippen LogP contribution in [0.3, 0.4) is 0 Å². The third-order valence-electron chi connectivity index (χ3n) is 12.4. The summed E-state index contributed by atoms with van der Waals surface area (Å²) in [5, 5.41) is 8.85. The highest BCUT2D eigenvalue weighted by atomic mass is 32.1. The molecule has 1 heterocycles. The summed E-state index contributed by atoms with van der Waals surface area (Å²) in [7, 11) is 0. The van der Waals surface area contributed by atoms with Crippen LogP contribution >= 0.6 is 11.3 Å². The first-order valence-corrected chi connectivity index (χ1v) is 19.7. The van der Waals surface area contributed by atoms with Crippen LogP contribution < -0.4 is 0 Å². The molecule has 55 heavy (non-hydrogen) atoms. The van der Waals surface area contributed by atoms with Gasteiger partial charge in [-0.2, -0.15) is 0 Å². The number of hydrogen-bond acceptors (Lipinski definition) is 1. The monoisotopic (exact) mass is 713 g/mol. The molecule has 0 saturated carbocycles. The molecule has 1 spiro atoms. The van der Waals surface area contributed by atoms with Crippen molar-refractivity contribution in [2.24, 2.45) is 0 Å². The second kappa shape index (κ2) is 11.1. The molecule has 254 valence electrons. The first-order valence-electron chi connectivity index (χ1n) is 18.9. The molecular weight excluding hydrogens is 683 g/mol. The van der Waals surface area contributed by atoms with Crippen molar-refractivity contribution in [2.75, 3.05) is 0 Å². The van der Waals surface area contributed by atoms with Gasteiger partial charge in [0.25, 0.3) is 0 Å². The molecule has 1 unspecified atom stereocenters. The van der Waals surface area contributed by atoms with Gasteiger partial charge < -0.3 is 0 Å². The van der Waals surface area contributed by atoms with Crippen molar-refractivity contribution in [1.29, 1.82) is 0 Å². The second-order valence-corrected chi connectivity index (χ2v) is 16.0. The molecule has 0 amide bonds. The van der Waals surface area contributed by atoms with Gasteiger partial charge in [0.15, 0.2) is 5.69 Å². The topological polar surface area (TPSA) is 4.36 Å². The Balaban J connectivity index is 1.23. The van der Waals surface area contributed by atoms with Gasteiger partial charge in [-0.25, -0.2) is 4.85 Å². The summed E-state index contributed by atoms with van der Waals surface area (Å²) in [6.45, 7) is 9.97. The Kier molecular flexibility index (Phi) is 6.20. The van der Waals surface area contributed by atoms with E-state index in [0.717, 1.165) is 0 Å². The molecular formula is C53H31NS. The van der Waals surface area contributed by atoms with E-state index in [2.05, 4.69) is 176 Å². The molecule has 12 rings (SSSR count). The van der Waals surface area contributed by atoms with E-state index < -0.39 is 5.41 Å². The molecule has 0 radical (unpaired) electrons. The van der Waals surface area contributed by atoms with Gasteiger partial charge in [0.1, 0.15) is 0 Å². The van der Waals surface area contributed by atoms with Crippen molar-refractivity contribution >= 4 is 59.4 Å². The molecule has 2 aliphatic rings. The number of thiophene rings is 1. The van der Waals surface area contributed by atoms with Gasteiger partial charge in [-0.05, 0) is 117 Å². The maximum absolute atomic E-state index is 7.76. The summed E-state index contributed by atoms with van der Waals surface area (Å²) in [6.07, 6.45) is 0. The second-order valence-electron chi connectivity index (χ2n) is 15.0. The number of fused-ring (bicyclic) bond motifs is 15. The summed E-state index contributed by atoms with van der Waals surface area (Å²) >= 11 is 1.83. The Bertz CT molecular complexity index is 3300. The number of hydrogen-bond donors (Lipinski definition) is 0. The molecule has 0 aliphatic heterocycles. The fourth-order valence-electron chi connectivity index (χ4n) is 10.3. The predicted molar refractivity (Wildman–Crippen MR) is 233 cm³/mol. The summed E-state index contributed by atoms with van der Waals surface area (Å²) in [5.41, 5.74) is 15.8. The van der Waals surface area contributed by atoms with Crippen LogP contribution in [0.2, 0.25) is 0 Å². The van der Waals surface area contributed by atoms with Crippen molar-refractivity contribution in [2.45, 2.75) is 12.3 Å². The largest absolute Gasteiger partial charge is 0.238 e. The zero-order valence-electron chi connectivity index (χ0n) is 30.0. The number of nitrogens with zero attached hydrogens (tertiary/aromatic N) is 1. The van der Waals surface area contributed by atoms with E-state index in [1.165, 1.54) is 114 Å². The fraction of sp³-hybridized carbons (Fsp3) is 0.0377. The zero-order chi connectivity index (χ0) is 36.4. The van der Waals surface area contributed by atoms with Crippen LogP contribution in [0.15, 0.2) is 170 Å². The molecule has 0 N–H and O–H groups in total. The Hall–Kier alpha value is -6.79. The lowest BCUT2D eigenvalue weighted by Gasteiger charge is -2.30. The van der Waals surface area contributed by atoms with Crippen molar-refractivity contribution in [3.8, 4) is 43.8 Å². The van der Waals surface area contributed by atoms with Gasteiger partial charge in [-0.3, -0.25) is 0 Å². The summed E-state index contributed by atoms with van der Waals surface area (Å²) in [4.78, 5) is 5.12. The van der Waals surface area contributed by atoms with Crippen molar-refractivity contribution in [3.05, 3.63) is 209 Å². The minimum absolute atomic E-state index is 0.488. The smallest absolute Gasteiger partial charge is 0.188 e. The van der Waals surface area contributed by atoms with E-state index in [4.69, 9.17) is 6.57 Å². The van der Waals surface area contributed by atoms with Crippen LogP contribution in [0.5, 0.6) is 0 Å². The molecule has 9 aromatic carbocycles. The molecule has 2 heteroatoms. The van der Waals surface area contributed by atoms with E-state index >= 15 is 0 Å². The number of aryl methyl sites for hydroxylation is 1. The molecule has 1 atom stereocenters. The lowest BCUT2D eigenvalue weighted by atomic mass is 9.70. The van der Waals surface area contributed by atoms with Gasteiger partial charge in [0.05, 0.1) is 12.0 Å². The van der Waals surface area contributed by atoms with Crippen LogP contribution in [0, 0.1) is 13.5 Å². The molecule has 0 saturated heterocycles. The maximum Gasteiger partial charge on any atom is 0.188 e. The van der Waals surface area contributed by atoms with Crippen molar-refractivity contribution < 1.29 is 0 Å². The predicted octanol–water partition coefficient (Wildman–Crippen LogP) is 14.9. The van der Waals surface area contributed by atoms with Gasteiger partial charge in [0, 0.05) is 9.58 Å². The highest BCUT2D eigenvalue weighted by Gasteiger charge is 2.53. The summed E-state index contributed by atoms with van der Waals surface area (Å²) < 4.78 is 1.17.